The molecule has 2 aromatic carbocycles. The van der Waals surface area contributed by atoms with Crippen molar-refractivity contribution in [1.29, 1.82) is 0 Å². The van der Waals surface area contributed by atoms with Crippen molar-refractivity contribution in [2.75, 3.05) is 56.0 Å². The van der Waals surface area contributed by atoms with Crippen molar-refractivity contribution in [3.63, 3.8) is 0 Å². The Bertz CT molecular complexity index is 1160. The molecule has 9 heteroatoms. The van der Waals surface area contributed by atoms with Crippen molar-refractivity contribution in [2.24, 2.45) is 0 Å². The van der Waals surface area contributed by atoms with E-state index in [1.807, 2.05) is 49.4 Å². The van der Waals surface area contributed by atoms with Crippen LogP contribution in [0.4, 0.5) is 11.4 Å². The minimum atomic E-state index is -0.210. The van der Waals surface area contributed by atoms with E-state index in [2.05, 4.69) is 15.2 Å². The molecule has 0 spiro atoms. The number of benzene rings is 2. The monoisotopic (exact) mass is 468 g/mol. The zero-order valence-electron chi connectivity index (χ0n) is 18.8. The summed E-state index contributed by atoms with van der Waals surface area (Å²) in [7, 11) is 1.60. The molecule has 33 heavy (non-hydrogen) atoms. The molecule has 0 bridgehead atoms. The summed E-state index contributed by atoms with van der Waals surface area (Å²) in [4.78, 5) is 32.7. The van der Waals surface area contributed by atoms with Gasteiger partial charge in [-0.2, -0.15) is 0 Å². The lowest BCUT2D eigenvalue weighted by atomic mass is 10.2. The number of rotatable bonds is 8. The number of aromatic nitrogens is 2. The Balaban J connectivity index is 1.45. The van der Waals surface area contributed by atoms with Crippen molar-refractivity contribution in [3.05, 3.63) is 58.9 Å². The molecule has 1 atom stereocenters. The first-order chi connectivity index (χ1) is 16.1. The van der Waals surface area contributed by atoms with Crippen LogP contribution in [0, 0.1) is 0 Å². The largest absolute Gasteiger partial charge is 0.383 e. The number of para-hydroxylation sites is 1. The standard InChI is InChI=1S/C24H28N4O4S/c1-17(15-31-2)28-23(30)20-5-3-4-6-21(20)26-24(28)33-16-22(29)25-18-7-9-19(10-8-18)27-11-13-32-14-12-27/h3-10,17H,11-16H2,1-2H3,(H,25,29). The molecule has 0 radical (unpaired) electrons. The molecule has 1 aliphatic heterocycles. The Kier molecular flexibility index (Phi) is 7.64. The average molecular weight is 469 g/mol. The van der Waals surface area contributed by atoms with Crippen molar-refractivity contribution in [3.8, 4) is 0 Å². The lowest BCUT2D eigenvalue weighted by Gasteiger charge is -2.28. The summed E-state index contributed by atoms with van der Waals surface area (Å²) in [5.41, 5.74) is 2.33. The number of amides is 1. The zero-order chi connectivity index (χ0) is 23.2. The third-order valence-electron chi connectivity index (χ3n) is 5.48. The molecule has 1 aliphatic rings. The topological polar surface area (TPSA) is 85.7 Å². The quantitative estimate of drug-likeness (QED) is 0.401. The van der Waals surface area contributed by atoms with Gasteiger partial charge in [-0.25, -0.2) is 4.98 Å². The van der Waals surface area contributed by atoms with E-state index in [-0.39, 0.29) is 23.3 Å². The van der Waals surface area contributed by atoms with Gasteiger partial charge in [0.05, 0.1) is 42.5 Å². The molecule has 1 amide bonds. The van der Waals surface area contributed by atoms with Crippen LogP contribution in [-0.4, -0.2) is 61.2 Å². The summed E-state index contributed by atoms with van der Waals surface area (Å²) in [5, 5.41) is 3.98. The number of hydrogen-bond acceptors (Lipinski definition) is 7. The molecule has 4 rings (SSSR count). The Morgan fingerprint density at radius 1 is 1.18 bits per heavy atom. The fourth-order valence-corrected chi connectivity index (χ4v) is 4.73. The molecule has 1 aromatic heterocycles. The van der Waals surface area contributed by atoms with Crippen molar-refractivity contribution < 1.29 is 14.3 Å². The average Bonchev–Trinajstić information content (AvgIpc) is 2.84. The molecule has 1 fully saturated rings. The van der Waals surface area contributed by atoms with Gasteiger partial charge in [-0.15, -0.1) is 0 Å². The Labute approximate surface area is 196 Å². The van der Waals surface area contributed by atoms with Gasteiger partial charge in [-0.3, -0.25) is 14.2 Å². The Hall–Kier alpha value is -2.88. The highest BCUT2D eigenvalue weighted by molar-refractivity contribution is 7.99. The third-order valence-corrected chi connectivity index (χ3v) is 6.44. The molecule has 1 unspecified atom stereocenters. The van der Waals surface area contributed by atoms with Gasteiger partial charge in [0.15, 0.2) is 5.16 Å². The van der Waals surface area contributed by atoms with Crippen LogP contribution in [0.5, 0.6) is 0 Å². The number of methoxy groups -OCH3 is 1. The summed E-state index contributed by atoms with van der Waals surface area (Å²) < 4.78 is 12.3. The predicted molar refractivity (Wildman–Crippen MR) is 131 cm³/mol. The van der Waals surface area contributed by atoms with E-state index in [4.69, 9.17) is 9.47 Å². The minimum Gasteiger partial charge on any atom is -0.383 e. The first-order valence-electron chi connectivity index (χ1n) is 10.9. The molecular weight excluding hydrogens is 440 g/mol. The molecular formula is C24H28N4O4S. The molecule has 0 saturated carbocycles. The number of anilines is 2. The molecule has 174 valence electrons. The zero-order valence-corrected chi connectivity index (χ0v) is 19.6. The second kappa shape index (κ2) is 10.8. The van der Waals surface area contributed by atoms with Gasteiger partial charge >= 0.3 is 0 Å². The number of nitrogens with one attached hydrogen (secondary N) is 1. The first kappa shape index (κ1) is 23.3. The Morgan fingerprint density at radius 3 is 2.64 bits per heavy atom. The molecule has 1 saturated heterocycles. The van der Waals surface area contributed by atoms with E-state index < -0.39 is 0 Å². The fourth-order valence-electron chi connectivity index (χ4n) is 3.84. The highest BCUT2D eigenvalue weighted by atomic mass is 32.2. The summed E-state index contributed by atoms with van der Waals surface area (Å²) >= 11 is 1.25. The fraction of sp³-hybridized carbons (Fsp3) is 0.375. The van der Waals surface area contributed by atoms with E-state index in [9.17, 15) is 9.59 Å². The number of hydrogen-bond donors (Lipinski definition) is 1. The molecule has 1 N–H and O–H groups in total. The van der Waals surface area contributed by atoms with Gasteiger partial charge < -0.3 is 19.7 Å². The summed E-state index contributed by atoms with van der Waals surface area (Å²) in [5.74, 6) is -0.0251. The number of carbonyl (C=O) groups excluding carboxylic acids is 1. The molecule has 8 nitrogen and oxygen atoms in total. The predicted octanol–water partition coefficient (Wildman–Crippen LogP) is 3.17. The van der Waals surface area contributed by atoms with Gasteiger partial charge in [0, 0.05) is 31.6 Å². The van der Waals surface area contributed by atoms with Crippen molar-refractivity contribution in [2.45, 2.75) is 18.1 Å². The minimum absolute atomic E-state index is 0.133. The van der Waals surface area contributed by atoms with E-state index >= 15 is 0 Å². The van der Waals surface area contributed by atoms with Crippen LogP contribution in [0.25, 0.3) is 10.9 Å². The smallest absolute Gasteiger partial charge is 0.262 e. The lowest BCUT2D eigenvalue weighted by molar-refractivity contribution is -0.113. The summed E-state index contributed by atoms with van der Waals surface area (Å²) in [6.07, 6.45) is 0. The summed E-state index contributed by atoms with van der Waals surface area (Å²) in [6, 6.07) is 14.8. The van der Waals surface area contributed by atoms with Gasteiger partial charge in [0.2, 0.25) is 5.91 Å². The second-order valence-electron chi connectivity index (χ2n) is 7.87. The maximum absolute atomic E-state index is 13.1. The van der Waals surface area contributed by atoms with Crippen LogP contribution in [-0.2, 0) is 14.3 Å². The molecule has 3 aromatic rings. The molecule has 0 aliphatic carbocycles. The van der Waals surface area contributed by atoms with Crippen LogP contribution >= 0.6 is 11.8 Å². The van der Waals surface area contributed by atoms with Gasteiger partial charge in [-0.05, 0) is 43.3 Å². The SMILES string of the molecule is COCC(C)n1c(SCC(=O)Nc2ccc(N3CCOCC3)cc2)nc2ccccc2c1=O. The van der Waals surface area contributed by atoms with Crippen LogP contribution in [0.3, 0.4) is 0 Å². The summed E-state index contributed by atoms with van der Waals surface area (Å²) in [6.45, 7) is 5.46. The third kappa shape index (κ3) is 5.55. The van der Waals surface area contributed by atoms with Gasteiger partial charge in [0.1, 0.15) is 0 Å². The number of nitrogens with zero attached hydrogens (tertiary/aromatic N) is 3. The Morgan fingerprint density at radius 2 is 1.91 bits per heavy atom. The highest BCUT2D eigenvalue weighted by Gasteiger charge is 2.18. The number of thioether (sulfide) groups is 1. The number of ether oxygens (including phenoxy) is 2. The number of carbonyl (C=O) groups is 1. The van der Waals surface area contributed by atoms with Gasteiger partial charge in [0.25, 0.3) is 5.56 Å². The normalized spacial score (nSPS) is 14.9. The first-order valence-corrected chi connectivity index (χ1v) is 11.9. The van der Waals surface area contributed by atoms with E-state index in [0.29, 0.717) is 22.7 Å². The molecule has 2 heterocycles. The van der Waals surface area contributed by atoms with E-state index in [1.54, 1.807) is 17.7 Å². The second-order valence-corrected chi connectivity index (χ2v) is 8.82. The van der Waals surface area contributed by atoms with Crippen molar-refractivity contribution in [1.82, 2.24) is 9.55 Å². The van der Waals surface area contributed by atoms with Gasteiger partial charge in [-0.1, -0.05) is 23.9 Å². The van der Waals surface area contributed by atoms with Crippen molar-refractivity contribution >= 4 is 39.9 Å². The highest BCUT2D eigenvalue weighted by Crippen LogP contribution is 2.23. The lowest BCUT2D eigenvalue weighted by Crippen LogP contribution is -2.36. The maximum Gasteiger partial charge on any atom is 0.262 e. The van der Waals surface area contributed by atoms with Crippen LogP contribution in [0.1, 0.15) is 13.0 Å². The number of fused-ring (bicyclic) bond motifs is 1. The van der Waals surface area contributed by atoms with Crippen LogP contribution in [0.15, 0.2) is 58.5 Å². The van der Waals surface area contributed by atoms with E-state index in [1.165, 1.54) is 11.8 Å². The number of morpholine rings is 1. The maximum atomic E-state index is 13.1. The van der Waals surface area contributed by atoms with Crippen LogP contribution < -0.4 is 15.8 Å². The van der Waals surface area contributed by atoms with Crippen LogP contribution in [0.2, 0.25) is 0 Å². The van der Waals surface area contributed by atoms with E-state index in [0.717, 1.165) is 37.7 Å².